The van der Waals surface area contributed by atoms with E-state index in [1.54, 1.807) is 0 Å². The van der Waals surface area contributed by atoms with Gasteiger partial charge in [0, 0.05) is 13.0 Å². The molecule has 4 heteroatoms. The number of likely N-dealkylation sites (N-methyl/N-ethyl adjacent to an activating group) is 1. The van der Waals surface area contributed by atoms with E-state index in [1.807, 2.05) is 6.07 Å². The van der Waals surface area contributed by atoms with E-state index < -0.39 is 0 Å². The van der Waals surface area contributed by atoms with Gasteiger partial charge in [-0.3, -0.25) is 0 Å². The van der Waals surface area contributed by atoms with Crippen LogP contribution in [0.2, 0.25) is 0 Å². The molecule has 0 saturated carbocycles. The van der Waals surface area contributed by atoms with Crippen molar-refractivity contribution in [2.45, 2.75) is 44.8 Å². The summed E-state index contributed by atoms with van der Waals surface area (Å²) in [7, 11) is 0. The molecule has 0 aromatic heterocycles. The van der Waals surface area contributed by atoms with Crippen molar-refractivity contribution in [1.82, 2.24) is 5.32 Å². The number of hydrogen-bond donors (Lipinski definition) is 1. The van der Waals surface area contributed by atoms with Crippen molar-refractivity contribution in [2.24, 2.45) is 0 Å². The van der Waals surface area contributed by atoms with Crippen LogP contribution in [0.4, 0.5) is 0 Å². The molecule has 2 unspecified atom stereocenters. The average molecular weight is 291 g/mol. The molecule has 2 aliphatic heterocycles. The minimum absolute atomic E-state index is 0.229. The van der Waals surface area contributed by atoms with Gasteiger partial charge in [0.05, 0.1) is 25.4 Å². The topological polar surface area (TPSA) is 39.7 Å². The van der Waals surface area contributed by atoms with E-state index in [0.29, 0.717) is 0 Å². The number of nitrogens with one attached hydrogen (secondary N) is 1. The SMILES string of the molecule is CCNC(c1ccc2c(c1)OCCCO2)C1CCCCO1. The summed E-state index contributed by atoms with van der Waals surface area (Å²) in [6.45, 7) is 5.39. The summed E-state index contributed by atoms with van der Waals surface area (Å²) in [6, 6.07) is 6.51. The molecule has 0 radical (unpaired) electrons. The fraction of sp³-hybridized carbons (Fsp3) is 0.647. The van der Waals surface area contributed by atoms with Gasteiger partial charge in [-0.25, -0.2) is 0 Å². The van der Waals surface area contributed by atoms with Crippen molar-refractivity contribution >= 4 is 0 Å². The number of benzene rings is 1. The summed E-state index contributed by atoms with van der Waals surface area (Å²) < 4.78 is 17.5. The van der Waals surface area contributed by atoms with E-state index in [4.69, 9.17) is 14.2 Å². The van der Waals surface area contributed by atoms with Crippen LogP contribution in [-0.4, -0.2) is 32.5 Å². The summed E-state index contributed by atoms with van der Waals surface area (Å²) >= 11 is 0. The number of rotatable bonds is 4. The highest BCUT2D eigenvalue weighted by Crippen LogP contribution is 2.34. The number of ether oxygens (including phenoxy) is 3. The molecule has 2 aliphatic rings. The molecular weight excluding hydrogens is 266 g/mol. The van der Waals surface area contributed by atoms with E-state index in [9.17, 15) is 0 Å². The van der Waals surface area contributed by atoms with Crippen LogP contribution in [0, 0.1) is 0 Å². The fourth-order valence-corrected chi connectivity index (χ4v) is 3.09. The zero-order valence-electron chi connectivity index (χ0n) is 12.8. The Hall–Kier alpha value is -1.26. The Labute approximate surface area is 126 Å². The van der Waals surface area contributed by atoms with Gasteiger partial charge in [0.1, 0.15) is 0 Å². The van der Waals surface area contributed by atoms with Crippen molar-refractivity contribution < 1.29 is 14.2 Å². The molecule has 1 aromatic carbocycles. The van der Waals surface area contributed by atoms with Crippen LogP contribution in [-0.2, 0) is 4.74 Å². The molecule has 0 aliphatic carbocycles. The molecule has 3 rings (SSSR count). The molecule has 1 fully saturated rings. The molecule has 1 saturated heterocycles. The Balaban J connectivity index is 1.82. The van der Waals surface area contributed by atoms with E-state index in [2.05, 4.69) is 24.4 Å². The Morgan fingerprint density at radius 3 is 2.71 bits per heavy atom. The van der Waals surface area contributed by atoms with Gasteiger partial charge in [-0.05, 0) is 43.5 Å². The maximum Gasteiger partial charge on any atom is 0.161 e. The largest absolute Gasteiger partial charge is 0.490 e. The minimum atomic E-state index is 0.229. The Bertz CT molecular complexity index is 457. The van der Waals surface area contributed by atoms with E-state index in [-0.39, 0.29) is 12.1 Å². The van der Waals surface area contributed by atoms with Gasteiger partial charge < -0.3 is 19.5 Å². The van der Waals surface area contributed by atoms with Crippen LogP contribution in [0.1, 0.15) is 44.2 Å². The smallest absolute Gasteiger partial charge is 0.161 e. The van der Waals surface area contributed by atoms with Gasteiger partial charge >= 0.3 is 0 Å². The molecule has 0 amide bonds. The average Bonchev–Trinajstić information content (AvgIpc) is 2.78. The van der Waals surface area contributed by atoms with Crippen molar-refractivity contribution in [3.63, 3.8) is 0 Å². The lowest BCUT2D eigenvalue weighted by Gasteiger charge is -2.31. The molecule has 0 spiro atoms. The third-order valence-corrected chi connectivity index (χ3v) is 4.14. The van der Waals surface area contributed by atoms with Gasteiger partial charge in [-0.1, -0.05) is 13.0 Å². The number of hydrogen-bond acceptors (Lipinski definition) is 4. The van der Waals surface area contributed by atoms with E-state index >= 15 is 0 Å². The standard InChI is InChI=1S/C17H25NO3/c1-2-18-17(15-6-3-4-9-20-15)13-7-8-14-16(12-13)21-11-5-10-19-14/h7-8,12,15,17-18H,2-6,9-11H2,1H3. The fourth-order valence-electron chi connectivity index (χ4n) is 3.09. The third kappa shape index (κ3) is 3.50. The maximum absolute atomic E-state index is 5.98. The van der Waals surface area contributed by atoms with E-state index in [0.717, 1.165) is 50.7 Å². The van der Waals surface area contributed by atoms with Crippen molar-refractivity contribution in [3.05, 3.63) is 23.8 Å². The van der Waals surface area contributed by atoms with Gasteiger partial charge in [-0.2, -0.15) is 0 Å². The van der Waals surface area contributed by atoms with Crippen LogP contribution in [0.3, 0.4) is 0 Å². The molecule has 4 nitrogen and oxygen atoms in total. The quantitative estimate of drug-likeness (QED) is 0.925. The second kappa shape index (κ2) is 7.14. The lowest BCUT2D eigenvalue weighted by atomic mass is 9.95. The van der Waals surface area contributed by atoms with Gasteiger partial charge in [-0.15, -0.1) is 0 Å². The lowest BCUT2D eigenvalue weighted by Crippen LogP contribution is -2.36. The molecule has 116 valence electrons. The summed E-state index contributed by atoms with van der Waals surface area (Å²) in [5.74, 6) is 1.72. The Morgan fingerprint density at radius 2 is 1.95 bits per heavy atom. The summed E-state index contributed by atoms with van der Waals surface area (Å²) in [4.78, 5) is 0. The Kier molecular flexibility index (Phi) is 4.99. The first kappa shape index (κ1) is 14.7. The van der Waals surface area contributed by atoms with Crippen LogP contribution in [0.15, 0.2) is 18.2 Å². The van der Waals surface area contributed by atoms with Gasteiger partial charge in [0.25, 0.3) is 0 Å². The zero-order valence-corrected chi connectivity index (χ0v) is 12.8. The Morgan fingerprint density at radius 1 is 1.10 bits per heavy atom. The van der Waals surface area contributed by atoms with E-state index in [1.165, 1.54) is 18.4 Å². The predicted molar refractivity (Wildman–Crippen MR) is 82.1 cm³/mol. The van der Waals surface area contributed by atoms with Crippen molar-refractivity contribution in [1.29, 1.82) is 0 Å². The van der Waals surface area contributed by atoms with Crippen LogP contribution in [0.5, 0.6) is 11.5 Å². The minimum Gasteiger partial charge on any atom is -0.490 e. The van der Waals surface area contributed by atoms with Crippen molar-refractivity contribution in [3.8, 4) is 11.5 Å². The second-order valence-electron chi connectivity index (χ2n) is 5.70. The van der Waals surface area contributed by atoms with Crippen LogP contribution < -0.4 is 14.8 Å². The molecule has 1 aromatic rings. The number of fused-ring (bicyclic) bond motifs is 1. The van der Waals surface area contributed by atoms with Gasteiger partial charge in [0.15, 0.2) is 11.5 Å². The molecule has 0 bridgehead atoms. The summed E-state index contributed by atoms with van der Waals surface area (Å²) in [5.41, 5.74) is 1.23. The first-order valence-electron chi connectivity index (χ1n) is 8.13. The first-order valence-corrected chi connectivity index (χ1v) is 8.13. The second-order valence-corrected chi connectivity index (χ2v) is 5.70. The normalized spacial score (nSPS) is 23.4. The van der Waals surface area contributed by atoms with Gasteiger partial charge in [0.2, 0.25) is 0 Å². The monoisotopic (exact) mass is 291 g/mol. The molecule has 2 atom stereocenters. The molecule has 21 heavy (non-hydrogen) atoms. The molecule has 2 heterocycles. The highest BCUT2D eigenvalue weighted by atomic mass is 16.5. The van der Waals surface area contributed by atoms with Crippen LogP contribution >= 0.6 is 0 Å². The highest BCUT2D eigenvalue weighted by molar-refractivity contribution is 5.44. The summed E-state index contributed by atoms with van der Waals surface area (Å²) in [6.07, 6.45) is 4.73. The molecular formula is C17H25NO3. The maximum atomic E-state index is 5.98. The third-order valence-electron chi connectivity index (χ3n) is 4.14. The highest BCUT2D eigenvalue weighted by Gasteiger charge is 2.26. The first-order chi connectivity index (χ1) is 10.4. The van der Waals surface area contributed by atoms with Crippen molar-refractivity contribution in [2.75, 3.05) is 26.4 Å². The zero-order chi connectivity index (χ0) is 14.5. The lowest BCUT2D eigenvalue weighted by molar-refractivity contribution is -0.00790. The molecule has 1 N–H and O–H groups in total. The predicted octanol–water partition coefficient (Wildman–Crippen LogP) is 3.07. The van der Waals surface area contributed by atoms with Crippen LogP contribution in [0.25, 0.3) is 0 Å². The summed E-state index contributed by atoms with van der Waals surface area (Å²) in [5, 5.41) is 3.57.